The Bertz CT molecular complexity index is 618. The van der Waals surface area contributed by atoms with Gasteiger partial charge in [0.1, 0.15) is 5.82 Å². The standard InChI is InChI=1S/C14H15BrFN3S.ClH/c15-10-1-4-13(16)9(5-10)7-19(11-2-3-11)8-12-6-18-14(17)20-12;/h1,4-6,11H,2-3,7-8H2,(H2,17,18);1H. The topological polar surface area (TPSA) is 42.1 Å². The Labute approximate surface area is 141 Å². The van der Waals surface area contributed by atoms with Crippen LogP contribution in [0.2, 0.25) is 0 Å². The second kappa shape index (κ2) is 7.05. The molecule has 1 fully saturated rings. The molecule has 0 aliphatic heterocycles. The van der Waals surface area contributed by atoms with Crippen LogP contribution in [0.25, 0.3) is 0 Å². The number of nitrogens with two attached hydrogens (primary N) is 1. The molecule has 21 heavy (non-hydrogen) atoms. The molecular weight excluding hydrogens is 377 g/mol. The highest BCUT2D eigenvalue weighted by Gasteiger charge is 2.29. The maximum Gasteiger partial charge on any atom is 0.180 e. The number of hydrogen-bond acceptors (Lipinski definition) is 4. The molecule has 114 valence electrons. The summed E-state index contributed by atoms with van der Waals surface area (Å²) >= 11 is 4.90. The molecule has 1 aromatic carbocycles. The first-order valence-corrected chi connectivity index (χ1v) is 8.11. The van der Waals surface area contributed by atoms with Gasteiger partial charge in [0.2, 0.25) is 0 Å². The van der Waals surface area contributed by atoms with Gasteiger partial charge in [0.25, 0.3) is 0 Å². The molecule has 2 aromatic rings. The van der Waals surface area contributed by atoms with E-state index < -0.39 is 0 Å². The zero-order valence-corrected chi connectivity index (χ0v) is 14.5. The van der Waals surface area contributed by atoms with E-state index in [4.69, 9.17) is 5.73 Å². The molecular formula is C14H16BrClFN3S. The number of halogens is 3. The van der Waals surface area contributed by atoms with Gasteiger partial charge in [-0.2, -0.15) is 0 Å². The lowest BCUT2D eigenvalue weighted by molar-refractivity contribution is 0.244. The van der Waals surface area contributed by atoms with E-state index in [1.807, 2.05) is 12.3 Å². The Morgan fingerprint density at radius 3 is 2.76 bits per heavy atom. The lowest BCUT2D eigenvalue weighted by Gasteiger charge is -2.21. The zero-order valence-electron chi connectivity index (χ0n) is 11.3. The monoisotopic (exact) mass is 391 g/mol. The van der Waals surface area contributed by atoms with E-state index in [2.05, 4.69) is 25.8 Å². The molecule has 1 aliphatic carbocycles. The van der Waals surface area contributed by atoms with E-state index in [1.54, 1.807) is 6.07 Å². The number of aromatic nitrogens is 1. The molecule has 1 aliphatic rings. The Morgan fingerprint density at radius 2 is 2.14 bits per heavy atom. The number of nitrogens with zero attached hydrogens (tertiary/aromatic N) is 2. The summed E-state index contributed by atoms with van der Waals surface area (Å²) in [5, 5.41) is 0.587. The van der Waals surface area contributed by atoms with Crippen LogP contribution in [0.5, 0.6) is 0 Å². The quantitative estimate of drug-likeness (QED) is 0.828. The molecule has 0 spiro atoms. The SMILES string of the molecule is Cl.Nc1ncc(CN(Cc2cc(Br)ccc2F)C2CC2)s1. The fourth-order valence-corrected chi connectivity index (χ4v) is 3.35. The normalized spacial score (nSPS) is 14.2. The summed E-state index contributed by atoms with van der Waals surface area (Å²) in [5.41, 5.74) is 6.39. The number of thiazole rings is 1. The lowest BCUT2D eigenvalue weighted by Crippen LogP contribution is -2.25. The van der Waals surface area contributed by atoms with Crippen molar-refractivity contribution in [2.24, 2.45) is 0 Å². The average molecular weight is 393 g/mol. The van der Waals surface area contributed by atoms with Crippen LogP contribution in [0.15, 0.2) is 28.9 Å². The molecule has 0 bridgehead atoms. The minimum Gasteiger partial charge on any atom is -0.375 e. The van der Waals surface area contributed by atoms with Gasteiger partial charge in [-0.15, -0.1) is 23.7 Å². The first-order chi connectivity index (χ1) is 9.61. The van der Waals surface area contributed by atoms with Crippen molar-refractivity contribution in [3.63, 3.8) is 0 Å². The van der Waals surface area contributed by atoms with Gasteiger partial charge < -0.3 is 5.73 Å². The second-order valence-corrected chi connectivity index (χ2v) is 7.10. The molecule has 0 amide bonds. The number of nitrogen functional groups attached to an aromatic ring is 1. The van der Waals surface area contributed by atoms with Gasteiger partial charge in [0.05, 0.1) is 0 Å². The smallest absolute Gasteiger partial charge is 0.180 e. The lowest BCUT2D eigenvalue weighted by atomic mass is 10.2. The first-order valence-electron chi connectivity index (χ1n) is 6.50. The van der Waals surface area contributed by atoms with Crippen molar-refractivity contribution in [3.05, 3.63) is 45.1 Å². The summed E-state index contributed by atoms with van der Waals surface area (Å²) in [7, 11) is 0. The highest BCUT2D eigenvalue weighted by Crippen LogP contribution is 2.31. The third kappa shape index (κ3) is 4.39. The van der Waals surface area contributed by atoms with Crippen molar-refractivity contribution in [1.82, 2.24) is 9.88 Å². The molecule has 1 saturated carbocycles. The number of hydrogen-bond donors (Lipinski definition) is 1. The molecule has 7 heteroatoms. The molecule has 0 radical (unpaired) electrons. The minimum atomic E-state index is -0.150. The predicted molar refractivity (Wildman–Crippen MR) is 90.1 cm³/mol. The van der Waals surface area contributed by atoms with Crippen LogP contribution in [0, 0.1) is 5.82 Å². The van der Waals surface area contributed by atoms with E-state index in [9.17, 15) is 4.39 Å². The maximum atomic E-state index is 13.9. The summed E-state index contributed by atoms with van der Waals surface area (Å²) in [5.74, 6) is -0.150. The Hall–Kier alpha value is -0.690. The van der Waals surface area contributed by atoms with E-state index in [0.717, 1.165) is 21.5 Å². The molecule has 1 aromatic heterocycles. The molecule has 1 heterocycles. The summed E-state index contributed by atoms with van der Waals surface area (Å²) in [6, 6.07) is 5.64. The van der Waals surface area contributed by atoms with Crippen LogP contribution < -0.4 is 5.73 Å². The third-order valence-electron chi connectivity index (χ3n) is 3.37. The van der Waals surface area contributed by atoms with E-state index in [0.29, 0.717) is 17.7 Å². The molecule has 2 N–H and O–H groups in total. The van der Waals surface area contributed by atoms with E-state index >= 15 is 0 Å². The molecule has 3 nitrogen and oxygen atoms in total. The summed E-state index contributed by atoms with van der Waals surface area (Å²) in [6.45, 7) is 1.40. The van der Waals surface area contributed by atoms with Gasteiger partial charge in [0, 0.05) is 40.2 Å². The van der Waals surface area contributed by atoms with Crippen molar-refractivity contribution >= 4 is 44.8 Å². The number of anilines is 1. The van der Waals surface area contributed by atoms with Crippen LogP contribution in [0.4, 0.5) is 9.52 Å². The summed E-state index contributed by atoms with van der Waals surface area (Å²) in [6.07, 6.45) is 4.18. The van der Waals surface area contributed by atoms with Gasteiger partial charge in [0.15, 0.2) is 5.13 Å². The Morgan fingerprint density at radius 1 is 1.38 bits per heavy atom. The average Bonchev–Trinajstić information content (AvgIpc) is 3.17. The van der Waals surface area contributed by atoms with Crippen molar-refractivity contribution in [2.45, 2.75) is 32.0 Å². The van der Waals surface area contributed by atoms with Crippen molar-refractivity contribution in [2.75, 3.05) is 5.73 Å². The predicted octanol–water partition coefficient (Wildman–Crippen LogP) is 4.21. The molecule has 0 unspecified atom stereocenters. The van der Waals surface area contributed by atoms with Gasteiger partial charge in [-0.05, 0) is 31.0 Å². The Kier molecular flexibility index (Phi) is 5.60. The second-order valence-electron chi connectivity index (χ2n) is 5.04. The van der Waals surface area contributed by atoms with Crippen LogP contribution in [0.1, 0.15) is 23.3 Å². The third-order valence-corrected chi connectivity index (χ3v) is 4.68. The summed E-state index contributed by atoms with van der Waals surface area (Å²) in [4.78, 5) is 7.51. The summed E-state index contributed by atoms with van der Waals surface area (Å²) < 4.78 is 14.8. The minimum absolute atomic E-state index is 0. The highest BCUT2D eigenvalue weighted by atomic mass is 79.9. The highest BCUT2D eigenvalue weighted by molar-refractivity contribution is 9.10. The van der Waals surface area contributed by atoms with Gasteiger partial charge in [-0.25, -0.2) is 9.37 Å². The number of rotatable bonds is 5. The van der Waals surface area contributed by atoms with Crippen molar-refractivity contribution in [1.29, 1.82) is 0 Å². The van der Waals surface area contributed by atoms with Crippen molar-refractivity contribution < 1.29 is 4.39 Å². The Balaban J connectivity index is 0.00000161. The van der Waals surface area contributed by atoms with Crippen LogP contribution in [-0.4, -0.2) is 15.9 Å². The molecule has 3 rings (SSSR count). The fraction of sp³-hybridized carbons (Fsp3) is 0.357. The van der Waals surface area contributed by atoms with Crippen LogP contribution >= 0.6 is 39.7 Å². The number of benzene rings is 1. The largest absolute Gasteiger partial charge is 0.375 e. The maximum absolute atomic E-state index is 13.9. The van der Waals surface area contributed by atoms with Crippen LogP contribution in [-0.2, 0) is 13.1 Å². The van der Waals surface area contributed by atoms with Crippen molar-refractivity contribution in [3.8, 4) is 0 Å². The van der Waals surface area contributed by atoms with Crippen LogP contribution in [0.3, 0.4) is 0 Å². The fourth-order valence-electron chi connectivity index (χ4n) is 2.23. The zero-order chi connectivity index (χ0) is 14.1. The first kappa shape index (κ1) is 16.7. The van der Waals surface area contributed by atoms with E-state index in [-0.39, 0.29) is 18.2 Å². The van der Waals surface area contributed by atoms with Gasteiger partial charge >= 0.3 is 0 Å². The van der Waals surface area contributed by atoms with Gasteiger partial charge in [-0.1, -0.05) is 15.9 Å². The molecule has 0 saturated heterocycles. The van der Waals surface area contributed by atoms with E-state index in [1.165, 1.54) is 30.2 Å². The van der Waals surface area contributed by atoms with Gasteiger partial charge in [-0.3, -0.25) is 4.90 Å². The molecule has 0 atom stereocenters.